The lowest BCUT2D eigenvalue weighted by Gasteiger charge is -2.57. The summed E-state index contributed by atoms with van der Waals surface area (Å²) in [6.45, 7) is 12.4. The van der Waals surface area contributed by atoms with Gasteiger partial charge in [0.25, 0.3) is 0 Å². The van der Waals surface area contributed by atoms with Crippen molar-refractivity contribution in [1.29, 1.82) is 0 Å². The number of fused-ring (bicyclic) bond motifs is 5. The molecular weight excluding hydrogens is 276 g/mol. The van der Waals surface area contributed by atoms with Gasteiger partial charge in [-0.25, -0.2) is 0 Å². The third kappa shape index (κ3) is 2.16. The van der Waals surface area contributed by atoms with Gasteiger partial charge < -0.3 is 0 Å². The lowest BCUT2D eigenvalue weighted by atomic mass is 9.47. The van der Waals surface area contributed by atoms with Crippen molar-refractivity contribution in [2.45, 2.75) is 79.6 Å². The van der Waals surface area contributed by atoms with Crippen LogP contribution in [0.4, 0.5) is 0 Å². The second kappa shape index (κ2) is 4.99. The molecule has 4 rings (SSSR count). The summed E-state index contributed by atoms with van der Waals surface area (Å²) in [5, 5.41) is 0. The van der Waals surface area contributed by atoms with E-state index in [1.54, 1.807) is 5.57 Å². The first kappa shape index (κ1) is 16.0. The Bertz CT molecular complexity index is 550. The minimum absolute atomic E-state index is 0.269. The van der Waals surface area contributed by atoms with Crippen molar-refractivity contribution in [2.75, 3.05) is 0 Å². The summed E-state index contributed by atoms with van der Waals surface area (Å²) in [4.78, 5) is 0. The Labute approximate surface area is 143 Å². The molecule has 0 N–H and O–H groups in total. The summed E-state index contributed by atoms with van der Waals surface area (Å²) >= 11 is 0. The molecule has 23 heavy (non-hydrogen) atoms. The highest BCUT2D eigenvalue weighted by Gasteiger charge is 2.57. The van der Waals surface area contributed by atoms with E-state index in [0.717, 1.165) is 23.7 Å². The lowest BCUT2D eigenvalue weighted by Crippen LogP contribution is -2.49. The molecular formula is C23H36. The third-order valence-corrected chi connectivity index (χ3v) is 8.74. The van der Waals surface area contributed by atoms with E-state index >= 15 is 0 Å². The van der Waals surface area contributed by atoms with Gasteiger partial charge in [-0.1, -0.05) is 64.8 Å². The standard InChI is InChI=1S/C23H36/c1-6-16-8-10-19-18-9-7-17-15-21(2,3)13-14-23(17,5)20(18)11-12-22(16,19)4/h13-16,18-20H,6-12H2,1-5H3. The maximum Gasteiger partial charge on any atom is 0.00940 e. The van der Waals surface area contributed by atoms with Crippen LogP contribution in [0.1, 0.15) is 79.6 Å². The van der Waals surface area contributed by atoms with Gasteiger partial charge in [0.1, 0.15) is 0 Å². The zero-order chi connectivity index (χ0) is 16.5. The van der Waals surface area contributed by atoms with Crippen LogP contribution in [0.3, 0.4) is 0 Å². The van der Waals surface area contributed by atoms with Crippen LogP contribution in [-0.4, -0.2) is 0 Å². The van der Waals surface area contributed by atoms with Crippen LogP contribution < -0.4 is 0 Å². The van der Waals surface area contributed by atoms with E-state index in [-0.39, 0.29) is 5.41 Å². The first-order valence-electron chi connectivity index (χ1n) is 10.2. The Morgan fingerprint density at radius 3 is 2.48 bits per heavy atom. The summed E-state index contributed by atoms with van der Waals surface area (Å²) in [7, 11) is 0. The highest BCUT2D eigenvalue weighted by Crippen LogP contribution is 2.66. The van der Waals surface area contributed by atoms with Crippen LogP contribution >= 0.6 is 0 Å². The predicted octanol–water partition coefficient (Wildman–Crippen LogP) is 6.78. The Kier molecular flexibility index (Phi) is 3.47. The average molecular weight is 313 g/mol. The van der Waals surface area contributed by atoms with Gasteiger partial charge in [-0.05, 0) is 67.6 Å². The number of rotatable bonds is 1. The fourth-order valence-corrected chi connectivity index (χ4v) is 7.39. The normalized spacial score (nSPS) is 50.7. The van der Waals surface area contributed by atoms with Crippen molar-refractivity contribution >= 4 is 0 Å². The van der Waals surface area contributed by atoms with Crippen LogP contribution in [0.15, 0.2) is 23.8 Å². The van der Waals surface area contributed by atoms with Gasteiger partial charge in [-0.2, -0.15) is 0 Å². The molecule has 3 saturated carbocycles. The highest BCUT2D eigenvalue weighted by atomic mass is 14.6. The lowest BCUT2D eigenvalue weighted by molar-refractivity contribution is -0.0348. The average Bonchev–Trinajstić information content (AvgIpc) is 2.84. The van der Waals surface area contributed by atoms with E-state index < -0.39 is 0 Å². The highest BCUT2D eigenvalue weighted by molar-refractivity contribution is 5.35. The number of hydrogen-bond acceptors (Lipinski definition) is 0. The van der Waals surface area contributed by atoms with Gasteiger partial charge in [-0.15, -0.1) is 0 Å². The Balaban J connectivity index is 1.67. The summed E-state index contributed by atoms with van der Waals surface area (Å²) in [6.07, 6.45) is 17.9. The minimum atomic E-state index is 0.269. The summed E-state index contributed by atoms with van der Waals surface area (Å²) in [5.41, 5.74) is 3.06. The predicted molar refractivity (Wildman–Crippen MR) is 99.2 cm³/mol. The maximum atomic E-state index is 2.66. The molecule has 128 valence electrons. The molecule has 0 bridgehead atoms. The number of allylic oxidation sites excluding steroid dienone is 4. The van der Waals surface area contributed by atoms with Gasteiger partial charge in [-0.3, -0.25) is 0 Å². The largest absolute Gasteiger partial charge is 0.0782 e. The molecule has 6 unspecified atom stereocenters. The van der Waals surface area contributed by atoms with Crippen molar-refractivity contribution in [2.24, 2.45) is 39.9 Å². The molecule has 0 heteroatoms. The molecule has 4 aliphatic carbocycles. The maximum absolute atomic E-state index is 2.66. The molecule has 0 heterocycles. The van der Waals surface area contributed by atoms with Crippen LogP contribution in [0, 0.1) is 39.9 Å². The van der Waals surface area contributed by atoms with Crippen molar-refractivity contribution in [3.63, 3.8) is 0 Å². The zero-order valence-corrected chi connectivity index (χ0v) is 16.0. The van der Waals surface area contributed by atoms with Gasteiger partial charge >= 0.3 is 0 Å². The van der Waals surface area contributed by atoms with Gasteiger partial charge in [0.05, 0.1) is 0 Å². The van der Waals surface area contributed by atoms with Crippen LogP contribution in [0.25, 0.3) is 0 Å². The molecule has 3 fully saturated rings. The molecule has 0 aromatic carbocycles. The fourth-order valence-electron chi connectivity index (χ4n) is 7.39. The molecule has 0 amide bonds. The van der Waals surface area contributed by atoms with Crippen molar-refractivity contribution in [3.8, 4) is 0 Å². The Morgan fingerprint density at radius 1 is 0.957 bits per heavy atom. The first-order valence-corrected chi connectivity index (χ1v) is 10.2. The van der Waals surface area contributed by atoms with Crippen molar-refractivity contribution in [3.05, 3.63) is 23.8 Å². The zero-order valence-electron chi connectivity index (χ0n) is 16.0. The Hall–Kier alpha value is -0.520. The molecule has 0 aromatic heterocycles. The van der Waals surface area contributed by atoms with E-state index in [9.17, 15) is 0 Å². The third-order valence-electron chi connectivity index (χ3n) is 8.74. The molecule has 0 saturated heterocycles. The van der Waals surface area contributed by atoms with E-state index in [1.807, 2.05) is 0 Å². The second-order valence-electron chi connectivity index (χ2n) is 10.2. The van der Waals surface area contributed by atoms with E-state index in [1.165, 1.54) is 44.9 Å². The second-order valence-corrected chi connectivity index (χ2v) is 10.2. The van der Waals surface area contributed by atoms with E-state index in [4.69, 9.17) is 0 Å². The molecule has 6 atom stereocenters. The van der Waals surface area contributed by atoms with Gasteiger partial charge in [0, 0.05) is 10.8 Å². The van der Waals surface area contributed by atoms with E-state index in [0.29, 0.717) is 10.8 Å². The van der Waals surface area contributed by atoms with Crippen LogP contribution in [0.5, 0.6) is 0 Å². The van der Waals surface area contributed by atoms with E-state index in [2.05, 4.69) is 52.8 Å². The van der Waals surface area contributed by atoms with Gasteiger partial charge in [0.2, 0.25) is 0 Å². The summed E-state index contributed by atoms with van der Waals surface area (Å²) in [6, 6.07) is 0. The van der Waals surface area contributed by atoms with Crippen molar-refractivity contribution in [1.82, 2.24) is 0 Å². The first-order chi connectivity index (χ1) is 10.8. The molecule has 4 aliphatic rings. The van der Waals surface area contributed by atoms with Crippen molar-refractivity contribution < 1.29 is 0 Å². The molecule has 0 aliphatic heterocycles. The smallest absolute Gasteiger partial charge is 0.00940 e. The quantitative estimate of drug-likeness (QED) is 0.468. The summed E-state index contributed by atoms with van der Waals surface area (Å²) in [5.74, 6) is 3.90. The molecule has 0 aromatic rings. The topological polar surface area (TPSA) is 0 Å². The van der Waals surface area contributed by atoms with Crippen LogP contribution in [-0.2, 0) is 0 Å². The number of hydrogen-bond donors (Lipinski definition) is 0. The van der Waals surface area contributed by atoms with Crippen LogP contribution in [0.2, 0.25) is 0 Å². The fraction of sp³-hybridized carbons (Fsp3) is 0.826. The monoisotopic (exact) mass is 312 g/mol. The molecule has 0 radical (unpaired) electrons. The van der Waals surface area contributed by atoms with Gasteiger partial charge in [0.15, 0.2) is 0 Å². The molecule has 0 nitrogen and oxygen atoms in total. The summed E-state index contributed by atoms with van der Waals surface area (Å²) < 4.78 is 0. The Morgan fingerprint density at radius 2 is 1.74 bits per heavy atom. The minimum Gasteiger partial charge on any atom is -0.0782 e. The SMILES string of the molecule is CCC1CCC2C3CCC4=CC(C)(C)C=CC4(C)C3CCC12C. The molecule has 0 spiro atoms.